The molecular formula is C6H12ClNO3S. The molecule has 0 bridgehead atoms. The minimum atomic E-state index is -3.21. The third kappa shape index (κ3) is 4.56. The van der Waals surface area contributed by atoms with Gasteiger partial charge in [-0.2, -0.15) is 0 Å². The van der Waals surface area contributed by atoms with Crippen LogP contribution in [0.5, 0.6) is 0 Å². The van der Waals surface area contributed by atoms with Gasteiger partial charge in [-0.3, -0.25) is 4.79 Å². The van der Waals surface area contributed by atoms with E-state index in [2.05, 4.69) is 0 Å². The standard InChI is InChI=1S/C6H12ClNO3S/c1-5(6(8)9)4-12(10,11)3-2-7/h5H,2-4H2,1H3,(H2,8,9)/t5-/m1/s1. The lowest BCUT2D eigenvalue weighted by Gasteiger charge is -2.06. The van der Waals surface area contributed by atoms with Crippen LogP contribution >= 0.6 is 11.6 Å². The van der Waals surface area contributed by atoms with Crippen LogP contribution in [0.25, 0.3) is 0 Å². The lowest BCUT2D eigenvalue weighted by atomic mass is 10.2. The number of nitrogens with two attached hydrogens (primary N) is 1. The summed E-state index contributed by atoms with van der Waals surface area (Å²) in [6, 6.07) is 0. The van der Waals surface area contributed by atoms with E-state index in [0.29, 0.717) is 0 Å². The first-order valence-electron chi connectivity index (χ1n) is 3.45. The fraction of sp³-hybridized carbons (Fsp3) is 0.833. The second-order valence-electron chi connectivity index (χ2n) is 2.61. The van der Waals surface area contributed by atoms with E-state index in [1.54, 1.807) is 0 Å². The van der Waals surface area contributed by atoms with Crippen molar-refractivity contribution in [1.82, 2.24) is 0 Å². The molecular weight excluding hydrogens is 202 g/mol. The first-order valence-corrected chi connectivity index (χ1v) is 5.80. The number of primary amides is 1. The molecule has 0 aromatic heterocycles. The predicted octanol–water partition coefficient (Wildman–Crippen LogP) is -0.239. The summed E-state index contributed by atoms with van der Waals surface area (Å²) < 4.78 is 22.1. The van der Waals surface area contributed by atoms with Gasteiger partial charge < -0.3 is 5.73 Å². The van der Waals surface area contributed by atoms with E-state index in [9.17, 15) is 13.2 Å². The highest BCUT2D eigenvalue weighted by molar-refractivity contribution is 7.91. The Bertz CT molecular complexity index is 250. The lowest BCUT2D eigenvalue weighted by Crippen LogP contribution is -2.28. The molecule has 0 unspecified atom stereocenters. The van der Waals surface area contributed by atoms with Crippen LogP contribution in [0.3, 0.4) is 0 Å². The van der Waals surface area contributed by atoms with Gasteiger partial charge in [0.2, 0.25) is 5.91 Å². The van der Waals surface area contributed by atoms with Crippen molar-refractivity contribution >= 4 is 27.3 Å². The molecule has 0 aliphatic heterocycles. The van der Waals surface area contributed by atoms with Crippen LogP contribution in [0.15, 0.2) is 0 Å². The summed E-state index contributed by atoms with van der Waals surface area (Å²) in [5.74, 6) is -1.51. The van der Waals surface area contributed by atoms with Crippen LogP contribution in [0.2, 0.25) is 0 Å². The van der Waals surface area contributed by atoms with Crippen molar-refractivity contribution in [2.45, 2.75) is 6.92 Å². The van der Waals surface area contributed by atoms with Crippen LogP contribution in [0, 0.1) is 5.92 Å². The van der Waals surface area contributed by atoms with Crippen molar-refractivity contribution in [3.05, 3.63) is 0 Å². The Balaban J connectivity index is 4.16. The Kier molecular flexibility index (Phi) is 4.55. The van der Waals surface area contributed by atoms with Crippen molar-refractivity contribution in [2.75, 3.05) is 17.4 Å². The Morgan fingerprint density at radius 2 is 2.08 bits per heavy atom. The molecule has 0 aromatic carbocycles. The van der Waals surface area contributed by atoms with Gasteiger partial charge >= 0.3 is 0 Å². The van der Waals surface area contributed by atoms with Crippen LogP contribution in [0.4, 0.5) is 0 Å². The normalized spacial score (nSPS) is 14.2. The lowest BCUT2D eigenvalue weighted by molar-refractivity contribution is -0.120. The van der Waals surface area contributed by atoms with E-state index < -0.39 is 21.7 Å². The topological polar surface area (TPSA) is 77.2 Å². The van der Waals surface area contributed by atoms with Crippen molar-refractivity contribution < 1.29 is 13.2 Å². The Labute approximate surface area is 77.0 Å². The Hall–Kier alpha value is -0.290. The average molecular weight is 214 g/mol. The summed E-state index contributed by atoms with van der Waals surface area (Å²) in [7, 11) is -3.21. The maximum atomic E-state index is 11.1. The number of carbonyl (C=O) groups is 1. The highest BCUT2D eigenvalue weighted by Crippen LogP contribution is 2.01. The number of sulfone groups is 1. The van der Waals surface area contributed by atoms with E-state index in [1.807, 2.05) is 0 Å². The van der Waals surface area contributed by atoms with Crippen molar-refractivity contribution in [3.63, 3.8) is 0 Å². The van der Waals surface area contributed by atoms with Gasteiger partial charge in [-0.05, 0) is 0 Å². The van der Waals surface area contributed by atoms with Gasteiger partial charge in [0.25, 0.3) is 0 Å². The summed E-state index contributed by atoms with van der Waals surface area (Å²) in [6.07, 6.45) is 0. The fourth-order valence-electron chi connectivity index (χ4n) is 0.664. The first-order chi connectivity index (χ1) is 5.39. The zero-order valence-electron chi connectivity index (χ0n) is 6.79. The summed E-state index contributed by atoms with van der Waals surface area (Å²) in [5, 5.41) is 0. The zero-order valence-corrected chi connectivity index (χ0v) is 8.36. The van der Waals surface area contributed by atoms with E-state index in [1.165, 1.54) is 6.92 Å². The van der Waals surface area contributed by atoms with Gasteiger partial charge in [0.1, 0.15) is 0 Å². The summed E-state index contributed by atoms with van der Waals surface area (Å²) in [6.45, 7) is 1.48. The van der Waals surface area contributed by atoms with Gasteiger partial charge in [-0.25, -0.2) is 8.42 Å². The third-order valence-corrected chi connectivity index (χ3v) is 3.62. The van der Waals surface area contributed by atoms with E-state index in [4.69, 9.17) is 17.3 Å². The van der Waals surface area contributed by atoms with E-state index in [0.717, 1.165) is 0 Å². The highest BCUT2D eigenvalue weighted by Gasteiger charge is 2.18. The second-order valence-corrected chi connectivity index (χ2v) is 5.21. The molecule has 0 heterocycles. The average Bonchev–Trinajstić information content (AvgIpc) is 1.85. The monoisotopic (exact) mass is 213 g/mol. The largest absolute Gasteiger partial charge is 0.369 e. The Morgan fingerprint density at radius 1 is 1.58 bits per heavy atom. The molecule has 12 heavy (non-hydrogen) atoms. The van der Waals surface area contributed by atoms with Gasteiger partial charge in [0.05, 0.1) is 11.5 Å². The molecule has 0 fully saturated rings. The molecule has 0 aliphatic carbocycles. The molecule has 2 N–H and O–H groups in total. The molecule has 0 saturated heterocycles. The van der Waals surface area contributed by atoms with Crippen molar-refractivity contribution in [1.29, 1.82) is 0 Å². The summed E-state index contributed by atoms with van der Waals surface area (Å²) in [5.41, 5.74) is 4.90. The number of halogens is 1. The molecule has 6 heteroatoms. The molecule has 0 saturated carbocycles. The number of alkyl halides is 1. The van der Waals surface area contributed by atoms with Crippen molar-refractivity contribution in [3.8, 4) is 0 Å². The van der Waals surface area contributed by atoms with Gasteiger partial charge in [0.15, 0.2) is 9.84 Å². The Morgan fingerprint density at radius 3 is 2.42 bits per heavy atom. The highest BCUT2D eigenvalue weighted by atomic mass is 35.5. The molecule has 0 aromatic rings. The van der Waals surface area contributed by atoms with Crippen LogP contribution in [-0.2, 0) is 14.6 Å². The SMILES string of the molecule is C[C@H](CS(=O)(=O)CCCl)C(N)=O. The molecule has 0 aliphatic rings. The smallest absolute Gasteiger partial charge is 0.221 e. The minimum Gasteiger partial charge on any atom is -0.369 e. The first kappa shape index (κ1) is 11.7. The van der Waals surface area contributed by atoms with Gasteiger partial charge in [-0.15, -0.1) is 11.6 Å². The van der Waals surface area contributed by atoms with Gasteiger partial charge in [0, 0.05) is 11.8 Å². The molecule has 0 spiro atoms. The van der Waals surface area contributed by atoms with Crippen LogP contribution in [0.1, 0.15) is 6.92 Å². The fourth-order valence-corrected chi connectivity index (χ4v) is 2.70. The third-order valence-electron chi connectivity index (χ3n) is 1.38. The second kappa shape index (κ2) is 4.67. The van der Waals surface area contributed by atoms with Crippen molar-refractivity contribution in [2.24, 2.45) is 11.7 Å². The number of hydrogen-bond donors (Lipinski definition) is 1. The molecule has 1 atom stereocenters. The maximum absolute atomic E-state index is 11.1. The summed E-state index contributed by atoms with van der Waals surface area (Å²) in [4.78, 5) is 10.5. The van der Waals surface area contributed by atoms with Gasteiger partial charge in [-0.1, -0.05) is 6.92 Å². The molecule has 0 rings (SSSR count). The summed E-state index contributed by atoms with van der Waals surface area (Å²) >= 11 is 5.25. The predicted molar refractivity (Wildman–Crippen MR) is 47.7 cm³/mol. The van der Waals surface area contributed by atoms with Crippen LogP contribution in [-0.4, -0.2) is 31.7 Å². The van der Waals surface area contributed by atoms with E-state index in [-0.39, 0.29) is 17.4 Å². The molecule has 1 amide bonds. The minimum absolute atomic E-state index is 0.0494. The number of carbonyl (C=O) groups excluding carboxylic acids is 1. The quantitative estimate of drug-likeness (QED) is 0.641. The van der Waals surface area contributed by atoms with Crippen LogP contribution < -0.4 is 5.73 Å². The molecule has 72 valence electrons. The number of rotatable bonds is 5. The van der Waals surface area contributed by atoms with E-state index >= 15 is 0 Å². The molecule has 0 radical (unpaired) electrons. The number of hydrogen-bond acceptors (Lipinski definition) is 3. The zero-order chi connectivity index (χ0) is 9.78. The number of amides is 1. The maximum Gasteiger partial charge on any atom is 0.221 e. The molecule has 4 nitrogen and oxygen atoms in total.